The molecule has 0 aliphatic carbocycles. The fraction of sp³-hybridized carbons (Fsp3) is 0.316. The van der Waals surface area contributed by atoms with Gasteiger partial charge in [-0.3, -0.25) is 0 Å². The summed E-state index contributed by atoms with van der Waals surface area (Å²) in [7, 11) is 0. The van der Waals surface area contributed by atoms with Gasteiger partial charge in [-0.05, 0) is 54.4 Å². The SMILES string of the molecule is CC(C)(C)OC(=O)NCc1ccc(-c2ncnn3cc(Br)cc23)c(F)c1C(F)F. The quantitative estimate of drug-likeness (QED) is 0.564. The van der Waals surface area contributed by atoms with Gasteiger partial charge in [-0.25, -0.2) is 27.5 Å². The monoisotopic (exact) mass is 470 g/mol. The molecule has 1 aromatic carbocycles. The van der Waals surface area contributed by atoms with Crippen LogP contribution >= 0.6 is 15.9 Å². The second kappa shape index (κ2) is 8.02. The van der Waals surface area contributed by atoms with Crippen LogP contribution in [-0.2, 0) is 11.3 Å². The molecule has 1 amide bonds. The highest BCUT2D eigenvalue weighted by molar-refractivity contribution is 9.10. The number of rotatable bonds is 4. The lowest BCUT2D eigenvalue weighted by atomic mass is 10.0. The van der Waals surface area contributed by atoms with E-state index in [4.69, 9.17) is 4.74 Å². The number of hydrogen-bond donors (Lipinski definition) is 1. The topological polar surface area (TPSA) is 68.5 Å². The molecule has 154 valence electrons. The minimum Gasteiger partial charge on any atom is -0.444 e. The fourth-order valence-corrected chi connectivity index (χ4v) is 3.20. The maximum Gasteiger partial charge on any atom is 0.407 e. The molecule has 0 saturated carbocycles. The van der Waals surface area contributed by atoms with Gasteiger partial charge in [0.1, 0.15) is 23.4 Å². The number of amides is 1. The third-order valence-corrected chi connectivity index (χ3v) is 4.37. The fourth-order valence-electron chi connectivity index (χ4n) is 2.79. The van der Waals surface area contributed by atoms with Gasteiger partial charge < -0.3 is 10.1 Å². The van der Waals surface area contributed by atoms with Crippen LogP contribution in [0.5, 0.6) is 0 Å². The molecule has 1 N–H and O–H groups in total. The van der Waals surface area contributed by atoms with Crippen molar-refractivity contribution in [3.05, 3.63) is 52.1 Å². The molecule has 2 heterocycles. The van der Waals surface area contributed by atoms with Crippen LogP contribution in [-0.4, -0.2) is 26.3 Å². The first-order valence-corrected chi connectivity index (χ1v) is 9.41. The summed E-state index contributed by atoms with van der Waals surface area (Å²) in [5.41, 5.74) is -1.03. The summed E-state index contributed by atoms with van der Waals surface area (Å²) in [6.07, 6.45) is -1.00. The average Bonchev–Trinajstić information content (AvgIpc) is 2.98. The first kappa shape index (κ1) is 21.1. The van der Waals surface area contributed by atoms with Crippen molar-refractivity contribution < 1.29 is 22.7 Å². The van der Waals surface area contributed by atoms with Crippen LogP contribution in [0.1, 0.15) is 38.3 Å². The zero-order valence-electron chi connectivity index (χ0n) is 15.8. The van der Waals surface area contributed by atoms with E-state index in [1.165, 1.54) is 23.0 Å². The zero-order chi connectivity index (χ0) is 21.3. The maximum atomic E-state index is 15.1. The summed E-state index contributed by atoms with van der Waals surface area (Å²) in [5, 5.41) is 6.39. The highest BCUT2D eigenvalue weighted by Crippen LogP contribution is 2.34. The van der Waals surface area contributed by atoms with Crippen molar-refractivity contribution in [2.75, 3.05) is 0 Å². The van der Waals surface area contributed by atoms with E-state index < -0.39 is 29.5 Å². The standard InChI is InChI=1S/C19H18BrF3N4O2/c1-19(2,3)29-18(28)24-7-10-4-5-12(15(21)14(10)17(22)23)16-13-6-11(20)8-27(13)26-9-25-16/h4-6,8-9,17H,7H2,1-3H3,(H,24,28). The third kappa shape index (κ3) is 4.69. The van der Waals surface area contributed by atoms with Gasteiger partial charge in [0.15, 0.2) is 0 Å². The van der Waals surface area contributed by atoms with E-state index in [9.17, 15) is 13.6 Å². The number of aromatic nitrogens is 3. The molecular weight excluding hydrogens is 453 g/mol. The highest BCUT2D eigenvalue weighted by atomic mass is 79.9. The van der Waals surface area contributed by atoms with Crippen LogP contribution in [0.15, 0.2) is 35.2 Å². The van der Waals surface area contributed by atoms with Crippen molar-refractivity contribution in [3.8, 4) is 11.3 Å². The Morgan fingerprint density at radius 3 is 2.72 bits per heavy atom. The Morgan fingerprint density at radius 1 is 1.34 bits per heavy atom. The number of benzene rings is 1. The Kier molecular flexibility index (Phi) is 5.83. The molecule has 10 heteroatoms. The number of carbonyl (C=O) groups excluding carboxylic acids is 1. The van der Waals surface area contributed by atoms with Crippen LogP contribution in [0, 0.1) is 5.82 Å². The molecule has 0 saturated heterocycles. The normalized spacial score (nSPS) is 11.9. The largest absolute Gasteiger partial charge is 0.444 e. The lowest BCUT2D eigenvalue weighted by molar-refractivity contribution is 0.0522. The number of nitrogens with zero attached hydrogens (tertiary/aromatic N) is 3. The molecule has 0 aliphatic heterocycles. The van der Waals surface area contributed by atoms with Gasteiger partial charge in [0, 0.05) is 22.8 Å². The summed E-state index contributed by atoms with van der Waals surface area (Å²) in [6.45, 7) is 4.72. The van der Waals surface area contributed by atoms with Gasteiger partial charge >= 0.3 is 6.09 Å². The van der Waals surface area contributed by atoms with E-state index in [0.29, 0.717) is 9.99 Å². The van der Waals surface area contributed by atoms with Gasteiger partial charge in [-0.2, -0.15) is 5.10 Å². The van der Waals surface area contributed by atoms with Crippen molar-refractivity contribution in [1.82, 2.24) is 19.9 Å². The summed E-state index contributed by atoms with van der Waals surface area (Å²) in [5.74, 6) is -1.10. The Labute approximate surface area is 173 Å². The van der Waals surface area contributed by atoms with Crippen molar-refractivity contribution in [3.63, 3.8) is 0 Å². The van der Waals surface area contributed by atoms with Crippen molar-refractivity contribution >= 4 is 27.5 Å². The van der Waals surface area contributed by atoms with Crippen molar-refractivity contribution in [2.24, 2.45) is 0 Å². The van der Waals surface area contributed by atoms with Gasteiger partial charge in [0.05, 0.1) is 11.1 Å². The van der Waals surface area contributed by atoms with Gasteiger partial charge in [-0.1, -0.05) is 6.07 Å². The molecule has 0 radical (unpaired) electrons. The molecular formula is C19H18BrF3N4O2. The number of carbonyl (C=O) groups is 1. The number of hydrogen-bond acceptors (Lipinski definition) is 4. The first-order valence-electron chi connectivity index (χ1n) is 8.62. The zero-order valence-corrected chi connectivity index (χ0v) is 17.4. The second-order valence-corrected chi connectivity index (χ2v) is 8.17. The Bertz CT molecular complexity index is 1060. The number of alkyl halides is 2. The number of nitrogens with one attached hydrogen (secondary N) is 1. The molecule has 0 atom stereocenters. The summed E-state index contributed by atoms with van der Waals surface area (Å²) in [6, 6.07) is 4.36. The molecule has 0 unspecified atom stereocenters. The van der Waals surface area contributed by atoms with Crippen LogP contribution in [0.25, 0.3) is 16.8 Å². The summed E-state index contributed by atoms with van der Waals surface area (Å²) < 4.78 is 49.7. The molecule has 6 nitrogen and oxygen atoms in total. The Balaban J connectivity index is 1.98. The number of fused-ring (bicyclic) bond motifs is 1. The third-order valence-electron chi connectivity index (χ3n) is 3.94. The van der Waals surface area contributed by atoms with E-state index in [1.54, 1.807) is 33.0 Å². The molecule has 3 rings (SSSR count). The van der Waals surface area contributed by atoms with Crippen LogP contribution in [0.2, 0.25) is 0 Å². The van der Waals surface area contributed by atoms with Crippen LogP contribution < -0.4 is 5.32 Å². The number of halogens is 4. The van der Waals surface area contributed by atoms with E-state index in [0.717, 1.165) is 0 Å². The van der Waals surface area contributed by atoms with E-state index in [-0.39, 0.29) is 23.4 Å². The summed E-state index contributed by atoms with van der Waals surface area (Å²) >= 11 is 3.30. The van der Waals surface area contributed by atoms with E-state index in [2.05, 4.69) is 31.3 Å². The smallest absolute Gasteiger partial charge is 0.407 e. The molecule has 0 fully saturated rings. The van der Waals surface area contributed by atoms with Crippen molar-refractivity contribution in [2.45, 2.75) is 39.3 Å². The first-order chi connectivity index (χ1) is 13.6. The lowest BCUT2D eigenvalue weighted by Gasteiger charge is -2.20. The minimum absolute atomic E-state index is 0.0475. The molecule has 3 aromatic rings. The van der Waals surface area contributed by atoms with Gasteiger partial charge in [0.2, 0.25) is 0 Å². The highest BCUT2D eigenvalue weighted by Gasteiger charge is 2.24. The van der Waals surface area contributed by atoms with Crippen molar-refractivity contribution in [1.29, 1.82) is 0 Å². The average molecular weight is 471 g/mol. The summed E-state index contributed by atoms with van der Waals surface area (Å²) in [4.78, 5) is 15.9. The minimum atomic E-state index is -3.08. The van der Waals surface area contributed by atoms with Gasteiger partial charge in [-0.15, -0.1) is 0 Å². The Hall–Kier alpha value is -2.62. The van der Waals surface area contributed by atoms with Crippen LogP contribution in [0.4, 0.5) is 18.0 Å². The molecule has 2 aromatic heterocycles. The predicted octanol–water partition coefficient (Wildman–Crippen LogP) is 5.26. The molecule has 0 spiro atoms. The lowest BCUT2D eigenvalue weighted by Crippen LogP contribution is -2.32. The van der Waals surface area contributed by atoms with Gasteiger partial charge in [0.25, 0.3) is 6.43 Å². The molecule has 0 bridgehead atoms. The van der Waals surface area contributed by atoms with E-state index in [1.807, 2.05) is 0 Å². The van der Waals surface area contributed by atoms with E-state index >= 15 is 4.39 Å². The molecule has 29 heavy (non-hydrogen) atoms. The number of ether oxygens (including phenoxy) is 1. The molecule has 0 aliphatic rings. The maximum absolute atomic E-state index is 15.1. The Morgan fingerprint density at radius 2 is 2.07 bits per heavy atom. The van der Waals surface area contributed by atoms with Crippen LogP contribution in [0.3, 0.4) is 0 Å². The number of alkyl carbamates (subject to hydrolysis) is 1. The second-order valence-electron chi connectivity index (χ2n) is 7.25. The predicted molar refractivity (Wildman–Crippen MR) is 104 cm³/mol.